The number of benzene rings is 2. The van der Waals surface area contributed by atoms with E-state index in [0.29, 0.717) is 28.5 Å². The topological polar surface area (TPSA) is 106 Å². The van der Waals surface area contributed by atoms with Crippen molar-refractivity contribution >= 4 is 47.4 Å². The number of allylic oxidation sites excluding steroid dienone is 1. The number of rotatable bonds is 11. The molecule has 2 N–H and O–H groups in total. The molecule has 2 rings (SSSR count). The number of nitrogens with one attached hydrogen (secondary N) is 2. The van der Waals surface area contributed by atoms with Crippen molar-refractivity contribution < 1.29 is 23.9 Å². The molecule has 0 unspecified atom stereocenters. The third kappa shape index (κ3) is 8.76. The highest BCUT2D eigenvalue weighted by Gasteiger charge is 2.14. The number of nitrogens with zero attached hydrogens (tertiary/aromatic N) is 1. The van der Waals surface area contributed by atoms with Crippen molar-refractivity contribution in [1.82, 2.24) is 10.7 Å². The van der Waals surface area contributed by atoms with E-state index in [1.165, 1.54) is 12.3 Å². The zero-order valence-electron chi connectivity index (χ0n) is 18.7. The first-order valence-corrected chi connectivity index (χ1v) is 11.4. The minimum atomic E-state index is -0.586. The van der Waals surface area contributed by atoms with Crippen molar-refractivity contribution in [1.29, 1.82) is 0 Å². The second-order valence-corrected chi connectivity index (χ2v) is 7.96. The first kappa shape index (κ1) is 26.7. The Bertz CT molecular complexity index is 1120. The lowest BCUT2D eigenvalue weighted by Crippen LogP contribution is -2.34. The maximum absolute atomic E-state index is 12.2. The predicted molar refractivity (Wildman–Crippen MR) is 134 cm³/mol. The Morgan fingerprint density at radius 3 is 2.68 bits per heavy atom. The molecule has 0 saturated heterocycles. The van der Waals surface area contributed by atoms with Crippen LogP contribution in [0.1, 0.15) is 29.8 Å². The molecule has 0 bridgehead atoms. The van der Waals surface area contributed by atoms with Gasteiger partial charge in [0.2, 0.25) is 0 Å². The fourth-order valence-corrected chi connectivity index (χ4v) is 3.05. The van der Waals surface area contributed by atoms with Gasteiger partial charge in [-0.3, -0.25) is 9.59 Å². The van der Waals surface area contributed by atoms with Crippen LogP contribution in [0.15, 0.2) is 70.5 Å². The Kier molecular flexibility index (Phi) is 10.9. The largest absolute Gasteiger partial charge is 0.490 e. The number of thioether (sulfide) groups is 1. The van der Waals surface area contributed by atoms with Gasteiger partial charge in [0, 0.05) is 10.6 Å². The molecule has 2 aromatic rings. The lowest BCUT2D eigenvalue weighted by Gasteiger charge is -2.11. The maximum Gasteiger partial charge on any atom is 0.349 e. The van der Waals surface area contributed by atoms with Crippen LogP contribution in [0.25, 0.3) is 0 Å². The lowest BCUT2D eigenvalue weighted by atomic mass is 10.2. The van der Waals surface area contributed by atoms with E-state index in [1.54, 1.807) is 54.8 Å². The van der Waals surface area contributed by atoms with E-state index in [1.807, 2.05) is 6.92 Å². The predicted octanol–water partition coefficient (Wildman–Crippen LogP) is 4.30. The molecule has 0 atom stereocenters. The molecule has 0 spiro atoms. The summed E-state index contributed by atoms with van der Waals surface area (Å²) >= 11 is 7.02. The quantitative estimate of drug-likeness (QED) is 0.156. The minimum Gasteiger partial charge on any atom is -0.490 e. The van der Waals surface area contributed by atoms with Gasteiger partial charge in [-0.05, 0) is 61.2 Å². The van der Waals surface area contributed by atoms with Crippen LogP contribution in [0.3, 0.4) is 0 Å². The number of amides is 2. The summed E-state index contributed by atoms with van der Waals surface area (Å²) in [5.41, 5.74) is 3.26. The molecular formula is C24H24ClN3O5S. The van der Waals surface area contributed by atoms with E-state index in [2.05, 4.69) is 22.4 Å². The summed E-state index contributed by atoms with van der Waals surface area (Å²) in [7, 11) is 0. The number of carbonyl (C=O) groups is 3. The van der Waals surface area contributed by atoms with E-state index in [0.717, 1.165) is 11.8 Å². The number of halogens is 1. The second-order valence-electron chi connectivity index (χ2n) is 6.53. The molecule has 0 radical (unpaired) electrons. The Balaban J connectivity index is 1.93. The van der Waals surface area contributed by atoms with E-state index >= 15 is 0 Å². The summed E-state index contributed by atoms with van der Waals surface area (Å²) < 4.78 is 10.9. The molecule has 2 amide bonds. The molecular weight excluding hydrogens is 478 g/mol. The normalized spacial score (nSPS) is 10.8. The molecule has 0 heterocycles. The summed E-state index contributed by atoms with van der Waals surface area (Å²) in [4.78, 5) is 36.4. The van der Waals surface area contributed by atoms with Crippen LogP contribution in [0, 0.1) is 0 Å². The monoisotopic (exact) mass is 501 g/mol. The molecule has 0 aromatic heterocycles. The van der Waals surface area contributed by atoms with Gasteiger partial charge in [0.1, 0.15) is 0 Å². The van der Waals surface area contributed by atoms with Gasteiger partial charge in [0.25, 0.3) is 11.8 Å². The number of ether oxygens (including phenoxy) is 2. The molecule has 0 aliphatic carbocycles. The smallest absolute Gasteiger partial charge is 0.349 e. The number of esters is 1. The van der Waals surface area contributed by atoms with Crippen molar-refractivity contribution in [2.75, 3.05) is 13.2 Å². The van der Waals surface area contributed by atoms with Crippen LogP contribution >= 0.6 is 23.4 Å². The molecule has 0 aliphatic rings. The van der Waals surface area contributed by atoms with Gasteiger partial charge in [-0.1, -0.05) is 42.1 Å². The average Bonchev–Trinajstić information content (AvgIpc) is 2.82. The molecule has 10 heteroatoms. The molecule has 2 aromatic carbocycles. The van der Waals surface area contributed by atoms with Crippen LogP contribution in [0.4, 0.5) is 0 Å². The summed E-state index contributed by atoms with van der Waals surface area (Å²) in [6, 6.07) is 11.2. The summed E-state index contributed by atoms with van der Waals surface area (Å²) in [5.74, 6) is -0.959. The molecule has 0 saturated carbocycles. The third-order valence-electron chi connectivity index (χ3n) is 3.94. The van der Waals surface area contributed by atoms with Crippen LogP contribution in [0.5, 0.6) is 11.5 Å². The first-order chi connectivity index (χ1) is 16.3. The van der Waals surface area contributed by atoms with Crippen molar-refractivity contribution in [2.24, 2.45) is 5.10 Å². The Morgan fingerprint density at radius 1 is 1.18 bits per heavy atom. The Labute approximate surface area is 207 Å². The fourth-order valence-electron chi connectivity index (χ4n) is 2.42. The highest BCUT2D eigenvalue weighted by atomic mass is 35.5. The second kappa shape index (κ2) is 13.9. The number of hydrogen-bond acceptors (Lipinski definition) is 7. The zero-order valence-corrected chi connectivity index (χ0v) is 20.2. The standard InChI is InChI=1S/C24H24ClN3O5S/c1-4-11-34-16(3)24(31)33-20-10-9-17(12-21(20)32-5-2)14-27-28-22(29)15-26-23(30)18-7-6-8-19(25)13-18/h4,6-14H,3,5,15H2,1-2H3,(H,26,30)(H,28,29)/b11-4-,27-14+. The van der Waals surface area contributed by atoms with Crippen LogP contribution in [-0.4, -0.2) is 37.1 Å². The van der Waals surface area contributed by atoms with Crippen LogP contribution in [-0.2, 0) is 9.59 Å². The van der Waals surface area contributed by atoms with E-state index in [9.17, 15) is 14.4 Å². The minimum absolute atomic E-state index is 0.233. The van der Waals surface area contributed by atoms with E-state index in [-0.39, 0.29) is 17.2 Å². The van der Waals surface area contributed by atoms with Crippen molar-refractivity contribution in [3.05, 3.63) is 81.6 Å². The lowest BCUT2D eigenvalue weighted by molar-refractivity contribution is -0.129. The van der Waals surface area contributed by atoms with Crippen molar-refractivity contribution in [2.45, 2.75) is 13.8 Å². The van der Waals surface area contributed by atoms with Crippen LogP contribution in [0.2, 0.25) is 5.02 Å². The van der Waals surface area contributed by atoms with Gasteiger partial charge < -0.3 is 14.8 Å². The number of carbonyl (C=O) groups excluding carboxylic acids is 3. The van der Waals surface area contributed by atoms with Gasteiger partial charge >= 0.3 is 5.97 Å². The Hall–Kier alpha value is -3.56. The summed E-state index contributed by atoms with van der Waals surface area (Å²) in [5, 5.41) is 8.51. The van der Waals surface area contributed by atoms with Crippen molar-refractivity contribution in [3.63, 3.8) is 0 Å². The molecule has 0 aliphatic heterocycles. The van der Waals surface area contributed by atoms with Gasteiger partial charge in [0.15, 0.2) is 11.5 Å². The maximum atomic E-state index is 12.2. The van der Waals surface area contributed by atoms with Gasteiger partial charge in [-0.2, -0.15) is 5.10 Å². The third-order valence-corrected chi connectivity index (χ3v) is 5.04. The highest BCUT2D eigenvalue weighted by Crippen LogP contribution is 2.29. The number of hydrazone groups is 1. The molecule has 34 heavy (non-hydrogen) atoms. The highest BCUT2D eigenvalue weighted by molar-refractivity contribution is 8.06. The molecule has 178 valence electrons. The first-order valence-electron chi connectivity index (χ1n) is 10.2. The van der Waals surface area contributed by atoms with E-state index < -0.39 is 17.8 Å². The summed E-state index contributed by atoms with van der Waals surface area (Å²) in [6.07, 6.45) is 3.18. The number of hydrogen-bond donors (Lipinski definition) is 2. The average molecular weight is 502 g/mol. The van der Waals surface area contributed by atoms with Crippen molar-refractivity contribution in [3.8, 4) is 11.5 Å². The Morgan fingerprint density at radius 2 is 1.97 bits per heavy atom. The van der Waals surface area contributed by atoms with Crippen LogP contribution < -0.4 is 20.2 Å². The summed E-state index contributed by atoms with van der Waals surface area (Å²) in [6.45, 7) is 7.40. The molecule has 8 nitrogen and oxygen atoms in total. The fraction of sp³-hybridized carbons (Fsp3) is 0.167. The van der Waals surface area contributed by atoms with E-state index in [4.69, 9.17) is 21.1 Å². The van der Waals surface area contributed by atoms with Gasteiger partial charge in [0.05, 0.1) is 24.3 Å². The van der Waals surface area contributed by atoms with Gasteiger partial charge in [-0.15, -0.1) is 0 Å². The zero-order chi connectivity index (χ0) is 24.9. The van der Waals surface area contributed by atoms with Gasteiger partial charge in [-0.25, -0.2) is 10.2 Å². The SMILES string of the molecule is C=C(S/C=C\C)C(=O)Oc1ccc(/C=N/NC(=O)CNC(=O)c2cccc(Cl)c2)cc1OCC. The molecule has 0 fully saturated rings.